The summed E-state index contributed by atoms with van der Waals surface area (Å²) in [5.74, 6) is 0.170. The number of amides is 1. The van der Waals surface area contributed by atoms with Crippen molar-refractivity contribution in [1.82, 2.24) is 4.90 Å². The molecule has 0 aliphatic heterocycles. The lowest BCUT2D eigenvalue weighted by Gasteiger charge is -2.31. The Morgan fingerprint density at radius 1 is 1.19 bits per heavy atom. The molecule has 0 bridgehead atoms. The van der Waals surface area contributed by atoms with E-state index in [0.717, 1.165) is 0 Å². The standard InChI is InChI=1S/C14H21NO/c1-11(12-9-7-6-8-10-12)15(5)13(16)14(2,3)4/h6-11H,1-5H3/t11-/m1/s1. The molecule has 1 rings (SSSR count). The molecule has 1 atom stereocenters. The molecule has 0 fully saturated rings. The number of nitrogens with zero attached hydrogens (tertiary/aromatic N) is 1. The van der Waals surface area contributed by atoms with Crippen LogP contribution in [0.5, 0.6) is 0 Å². The van der Waals surface area contributed by atoms with Crippen molar-refractivity contribution in [2.45, 2.75) is 33.7 Å². The van der Waals surface area contributed by atoms with Gasteiger partial charge in [0.15, 0.2) is 0 Å². The lowest BCUT2D eigenvalue weighted by atomic mass is 9.93. The number of rotatable bonds is 2. The van der Waals surface area contributed by atoms with Crippen LogP contribution >= 0.6 is 0 Å². The predicted molar refractivity (Wildman–Crippen MR) is 67.1 cm³/mol. The first-order chi connectivity index (χ1) is 7.34. The third kappa shape index (κ3) is 2.84. The minimum absolute atomic E-state index is 0.118. The Bertz CT molecular complexity index is 351. The highest BCUT2D eigenvalue weighted by molar-refractivity contribution is 5.81. The molecule has 16 heavy (non-hydrogen) atoms. The van der Waals surface area contributed by atoms with Crippen molar-refractivity contribution in [2.24, 2.45) is 5.41 Å². The van der Waals surface area contributed by atoms with Crippen molar-refractivity contribution in [3.05, 3.63) is 35.9 Å². The summed E-state index contributed by atoms with van der Waals surface area (Å²) in [7, 11) is 1.87. The van der Waals surface area contributed by atoms with Crippen molar-refractivity contribution in [3.63, 3.8) is 0 Å². The van der Waals surface area contributed by atoms with E-state index in [-0.39, 0.29) is 17.4 Å². The molecule has 0 aromatic heterocycles. The Kier molecular flexibility index (Phi) is 3.74. The van der Waals surface area contributed by atoms with Gasteiger partial charge >= 0.3 is 0 Å². The van der Waals surface area contributed by atoms with Gasteiger partial charge in [-0.1, -0.05) is 51.1 Å². The molecule has 2 heteroatoms. The molecular weight excluding hydrogens is 198 g/mol. The monoisotopic (exact) mass is 219 g/mol. The third-order valence-corrected chi connectivity index (χ3v) is 2.82. The molecule has 0 unspecified atom stereocenters. The molecule has 0 heterocycles. The van der Waals surface area contributed by atoms with Gasteiger partial charge in [-0.3, -0.25) is 4.79 Å². The van der Waals surface area contributed by atoms with E-state index >= 15 is 0 Å². The van der Waals surface area contributed by atoms with Crippen molar-refractivity contribution in [3.8, 4) is 0 Å². The van der Waals surface area contributed by atoms with Gasteiger partial charge in [0, 0.05) is 12.5 Å². The van der Waals surface area contributed by atoms with Gasteiger partial charge in [0.2, 0.25) is 5.91 Å². The summed E-state index contributed by atoms with van der Waals surface area (Å²) in [6.45, 7) is 7.90. The number of carbonyl (C=O) groups is 1. The van der Waals surface area contributed by atoms with Crippen molar-refractivity contribution in [2.75, 3.05) is 7.05 Å². The second kappa shape index (κ2) is 4.69. The van der Waals surface area contributed by atoms with Crippen LogP contribution in [0.3, 0.4) is 0 Å². The zero-order chi connectivity index (χ0) is 12.3. The zero-order valence-electron chi connectivity index (χ0n) is 10.8. The van der Waals surface area contributed by atoms with E-state index in [1.807, 2.05) is 50.9 Å². The van der Waals surface area contributed by atoms with Crippen molar-refractivity contribution in [1.29, 1.82) is 0 Å². The first-order valence-electron chi connectivity index (χ1n) is 5.66. The minimum atomic E-state index is -0.322. The predicted octanol–water partition coefficient (Wildman–Crippen LogP) is 3.25. The first-order valence-corrected chi connectivity index (χ1v) is 5.66. The summed E-state index contributed by atoms with van der Waals surface area (Å²) < 4.78 is 0. The van der Waals surface area contributed by atoms with Gasteiger partial charge in [0.05, 0.1) is 6.04 Å². The molecule has 0 aliphatic rings. The maximum absolute atomic E-state index is 12.1. The van der Waals surface area contributed by atoms with E-state index < -0.39 is 0 Å². The third-order valence-electron chi connectivity index (χ3n) is 2.82. The lowest BCUT2D eigenvalue weighted by molar-refractivity contribution is -0.140. The van der Waals surface area contributed by atoms with Crippen LogP contribution < -0.4 is 0 Å². The number of hydrogen-bond donors (Lipinski definition) is 0. The second-order valence-corrected chi connectivity index (χ2v) is 5.25. The zero-order valence-corrected chi connectivity index (χ0v) is 10.8. The van der Waals surface area contributed by atoms with E-state index in [9.17, 15) is 4.79 Å². The van der Waals surface area contributed by atoms with E-state index in [4.69, 9.17) is 0 Å². The van der Waals surface area contributed by atoms with Crippen LogP contribution in [0.2, 0.25) is 0 Å². The molecule has 88 valence electrons. The van der Waals surface area contributed by atoms with E-state index in [2.05, 4.69) is 19.1 Å². The summed E-state index contributed by atoms with van der Waals surface area (Å²) in [5, 5.41) is 0. The average Bonchev–Trinajstić information content (AvgIpc) is 2.26. The van der Waals surface area contributed by atoms with Gasteiger partial charge in [-0.15, -0.1) is 0 Å². The molecular formula is C14H21NO. The van der Waals surface area contributed by atoms with Crippen LogP contribution in [-0.2, 0) is 4.79 Å². The number of benzene rings is 1. The Balaban J connectivity index is 2.83. The Labute approximate surface area is 98.3 Å². The lowest BCUT2D eigenvalue weighted by Crippen LogP contribution is -2.38. The molecule has 0 spiro atoms. The molecule has 1 amide bonds. The number of carbonyl (C=O) groups excluding carboxylic acids is 1. The van der Waals surface area contributed by atoms with Gasteiger partial charge in [-0.05, 0) is 12.5 Å². The Hall–Kier alpha value is -1.31. The van der Waals surface area contributed by atoms with Crippen LogP contribution in [0, 0.1) is 5.41 Å². The van der Waals surface area contributed by atoms with Crippen LogP contribution in [0.15, 0.2) is 30.3 Å². The SMILES string of the molecule is C[C@H](c1ccccc1)N(C)C(=O)C(C)(C)C. The highest BCUT2D eigenvalue weighted by atomic mass is 16.2. The van der Waals surface area contributed by atoms with Crippen LogP contribution in [0.4, 0.5) is 0 Å². The summed E-state index contributed by atoms with van der Waals surface area (Å²) in [4.78, 5) is 13.9. The fourth-order valence-corrected chi connectivity index (χ4v) is 1.66. The summed E-state index contributed by atoms with van der Waals surface area (Å²) in [5.41, 5.74) is 0.847. The van der Waals surface area contributed by atoms with Gasteiger partial charge in [-0.2, -0.15) is 0 Å². The molecule has 2 nitrogen and oxygen atoms in total. The molecule has 1 aromatic carbocycles. The molecule has 0 saturated carbocycles. The van der Waals surface area contributed by atoms with Gasteiger partial charge < -0.3 is 4.90 Å². The summed E-state index contributed by atoms with van der Waals surface area (Å²) in [6, 6.07) is 10.2. The maximum Gasteiger partial charge on any atom is 0.228 e. The smallest absolute Gasteiger partial charge is 0.228 e. The van der Waals surface area contributed by atoms with E-state index in [0.29, 0.717) is 0 Å². The average molecular weight is 219 g/mol. The highest BCUT2D eigenvalue weighted by Crippen LogP contribution is 2.24. The van der Waals surface area contributed by atoms with E-state index in [1.165, 1.54) is 5.56 Å². The van der Waals surface area contributed by atoms with Gasteiger partial charge in [-0.25, -0.2) is 0 Å². The summed E-state index contributed by atoms with van der Waals surface area (Å²) in [6.07, 6.45) is 0. The van der Waals surface area contributed by atoms with Crippen LogP contribution in [-0.4, -0.2) is 17.9 Å². The Morgan fingerprint density at radius 2 is 1.69 bits per heavy atom. The fraction of sp³-hybridized carbons (Fsp3) is 0.500. The molecule has 0 N–H and O–H groups in total. The van der Waals surface area contributed by atoms with Gasteiger partial charge in [0.25, 0.3) is 0 Å². The van der Waals surface area contributed by atoms with Crippen LogP contribution in [0.1, 0.15) is 39.3 Å². The fourth-order valence-electron chi connectivity index (χ4n) is 1.66. The van der Waals surface area contributed by atoms with Crippen LogP contribution in [0.25, 0.3) is 0 Å². The molecule has 1 aromatic rings. The Morgan fingerprint density at radius 3 is 2.12 bits per heavy atom. The molecule has 0 radical (unpaired) electrons. The maximum atomic E-state index is 12.1. The minimum Gasteiger partial charge on any atom is -0.339 e. The quantitative estimate of drug-likeness (QED) is 0.747. The highest BCUT2D eigenvalue weighted by Gasteiger charge is 2.27. The largest absolute Gasteiger partial charge is 0.339 e. The van der Waals surface area contributed by atoms with E-state index in [1.54, 1.807) is 0 Å². The topological polar surface area (TPSA) is 20.3 Å². The molecule has 0 saturated heterocycles. The van der Waals surface area contributed by atoms with Crippen molar-refractivity contribution < 1.29 is 4.79 Å². The van der Waals surface area contributed by atoms with Crippen molar-refractivity contribution >= 4 is 5.91 Å². The normalized spacial score (nSPS) is 13.3. The van der Waals surface area contributed by atoms with Gasteiger partial charge in [0.1, 0.15) is 0 Å². The summed E-state index contributed by atoms with van der Waals surface area (Å²) >= 11 is 0. The second-order valence-electron chi connectivity index (χ2n) is 5.25. The molecule has 0 aliphatic carbocycles. The first kappa shape index (κ1) is 12.8. The number of hydrogen-bond acceptors (Lipinski definition) is 1.